The van der Waals surface area contributed by atoms with Crippen LogP contribution in [0.5, 0.6) is 0 Å². The fourth-order valence-electron chi connectivity index (χ4n) is 5.89. The number of sulfone groups is 1. The van der Waals surface area contributed by atoms with Gasteiger partial charge >= 0.3 is 12.0 Å². The fourth-order valence-corrected chi connectivity index (χ4v) is 7.40. The van der Waals surface area contributed by atoms with Crippen LogP contribution in [0.3, 0.4) is 0 Å². The maximum absolute atomic E-state index is 13.3. The molecule has 46 heavy (non-hydrogen) atoms. The third-order valence-electron chi connectivity index (χ3n) is 8.46. The van der Waals surface area contributed by atoms with Crippen LogP contribution in [-0.4, -0.2) is 106 Å². The molecule has 3 heterocycles. The van der Waals surface area contributed by atoms with Gasteiger partial charge in [0.25, 0.3) is 5.91 Å². The van der Waals surface area contributed by atoms with Gasteiger partial charge in [0.2, 0.25) is 5.91 Å². The molecule has 246 valence electrons. The third-order valence-corrected chi connectivity index (χ3v) is 10.4. The number of carbonyl (C=O) groups is 4. The normalized spacial score (nSPS) is 16.0. The summed E-state index contributed by atoms with van der Waals surface area (Å²) >= 11 is 6.01. The van der Waals surface area contributed by atoms with Crippen LogP contribution in [0.15, 0.2) is 47.5 Å². The second kappa shape index (κ2) is 13.8. The van der Waals surface area contributed by atoms with Crippen molar-refractivity contribution < 1.29 is 37.4 Å². The lowest BCUT2D eigenvalue weighted by Gasteiger charge is -2.37. The van der Waals surface area contributed by atoms with Crippen molar-refractivity contribution in [2.75, 3.05) is 31.9 Å². The topological polar surface area (TPSA) is 159 Å². The maximum Gasteiger partial charge on any atom is 0.330 e. The number of carbonyl (C=O) groups excluding carboxylic acids is 4. The minimum Gasteiger partial charge on any atom is -0.457 e. The van der Waals surface area contributed by atoms with Gasteiger partial charge in [-0.05, 0) is 54.8 Å². The molecule has 1 saturated heterocycles. The largest absolute Gasteiger partial charge is 0.457 e. The van der Waals surface area contributed by atoms with E-state index in [4.69, 9.17) is 16.3 Å². The summed E-state index contributed by atoms with van der Waals surface area (Å²) in [6.07, 6.45) is 0.738. The molecule has 0 spiro atoms. The smallest absolute Gasteiger partial charge is 0.330 e. The van der Waals surface area contributed by atoms with Gasteiger partial charge < -0.3 is 24.5 Å². The van der Waals surface area contributed by atoms with E-state index in [-0.39, 0.29) is 55.5 Å². The van der Waals surface area contributed by atoms with Crippen LogP contribution in [-0.2, 0) is 42.1 Å². The van der Waals surface area contributed by atoms with Crippen molar-refractivity contribution >= 4 is 56.0 Å². The molecule has 1 N–H and O–H groups in total. The first-order valence-electron chi connectivity index (χ1n) is 15.0. The number of halogens is 1. The van der Waals surface area contributed by atoms with Crippen LogP contribution in [0.25, 0.3) is 10.8 Å². The molecule has 0 aliphatic carbocycles. The van der Waals surface area contributed by atoms with E-state index < -0.39 is 33.6 Å². The number of fused-ring (bicyclic) bond motifs is 2. The molecule has 1 aromatic heterocycles. The van der Waals surface area contributed by atoms with Crippen LogP contribution in [0.2, 0.25) is 5.02 Å². The van der Waals surface area contributed by atoms with E-state index >= 15 is 0 Å². The van der Waals surface area contributed by atoms with Gasteiger partial charge in [0, 0.05) is 44.2 Å². The van der Waals surface area contributed by atoms with Crippen molar-refractivity contribution in [2.24, 2.45) is 0 Å². The molecule has 2 aromatic carbocycles. The molecule has 13 nitrogen and oxygen atoms in total. The molecule has 0 bridgehead atoms. The second-order valence-corrected chi connectivity index (χ2v) is 13.9. The minimum atomic E-state index is -3.97. The molecule has 5 rings (SSSR count). The zero-order valence-electron chi connectivity index (χ0n) is 25.6. The summed E-state index contributed by atoms with van der Waals surface area (Å²) in [4.78, 5) is 59.0. The van der Waals surface area contributed by atoms with Gasteiger partial charge in [-0.25, -0.2) is 22.8 Å². The number of imidazole rings is 1. The predicted octanol–water partition coefficient (Wildman–Crippen LogP) is 2.60. The number of hydrogen-bond donors (Lipinski definition) is 1. The van der Waals surface area contributed by atoms with Crippen LogP contribution in [0.4, 0.5) is 4.79 Å². The van der Waals surface area contributed by atoms with Crippen molar-refractivity contribution in [1.29, 1.82) is 0 Å². The highest BCUT2D eigenvalue weighted by molar-refractivity contribution is 7.91. The van der Waals surface area contributed by atoms with Gasteiger partial charge in [0.1, 0.15) is 12.7 Å². The Hall–Kier alpha value is -4.01. The lowest BCUT2D eigenvalue weighted by Crippen LogP contribution is -2.50. The summed E-state index contributed by atoms with van der Waals surface area (Å²) in [6, 6.07) is 9.15. The van der Waals surface area contributed by atoms with Crippen LogP contribution >= 0.6 is 11.6 Å². The molecule has 2 aliphatic rings. The Bertz CT molecular complexity index is 1770. The number of nitrogens with zero attached hydrogens (tertiary/aromatic N) is 5. The minimum absolute atomic E-state index is 0.00377. The summed E-state index contributed by atoms with van der Waals surface area (Å²) < 4.78 is 32.8. The first-order valence-corrected chi connectivity index (χ1v) is 17.1. The Morgan fingerprint density at radius 2 is 1.83 bits per heavy atom. The summed E-state index contributed by atoms with van der Waals surface area (Å²) in [5, 5.41) is 12.6. The number of aliphatic hydroxyl groups excluding tert-OH is 1. The molecular weight excluding hydrogens is 638 g/mol. The molecule has 0 unspecified atom stereocenters. The molecular formula is C31H36ClN5O8S. The van der Waals surface area contributed by atoms with Crippen molar-refractivity contribution in [3.8, 4) is 0 Å². The zero-order chi connectivity index (χ0) is 33.2. The van der Waals surface area contributed by atoms with Gasteiger partial charge in [0.05, 0.1) is 35.5 Å². The van der Waals surface area contributed by atoms with Crippen molar-refractivity contribution in [3.63, 3.8) is 0 Å². The number of hydrogen-bond acceptors (Lipinski definition) is 9. The highest BCUT2D eigenvalue weighted by Crippen LogP contribution is 2.27. The predicted molar refractivity (Wildman–Crippen MR) is 168 cm³/mol. The summed E-state index contributed by atoms with van der Waals surface area (Å²) in [6.45, 7) is 4.59. The summed E-state index contributed by atoms with van der Waals surface area (Å²) in [5.41, 5.74) is 0.653. The van der Waals surface area contributed by atoms with E-state index in [1.165, 1.54) is 33.4 Å². The van der Waals surface area contributed by atoms with Crippen molar-refractivity contribution in [3.05, 3.63) is 59.1 Å². The monoisotopic (exact) mass is 673 g/mol. The van der Waals surface area contributed by atoms with E-state index in [0.717, 1.165) is 5.39 Å². The van der Waals surface area contributed by atoms with Gasteiger partial charge in [-0.1, -0.05) is 23.7 Å². The second-order valence-electron chi connectivity index (χ2n) is 11.4. The number of rotatable bonds is 11. The Morgan fingerprint density at radius 1 is 1.13 bits per heavy atom. The van der Waals surface area contributed by atoms with Gasteiger partial charge in [-0.3, -0.25) is 14.4 Å². The van der Waals surface area contributed by atoms with Gasteiger partial charge in [0.15, 0.2) is 15.7 Å². The first kappa shape index (κ1) is 33.4. The van der Waals surface area contributed by atoms with Crippen LogP contribution in [0.1, 0.15) is 44.6 Å². The van der Waals surface area contributed by atoms with E-state index in [0.29, 0.717) is 47.9 Å². The maximum atomic E-state index is 13.3. The van der Waals surface area contributed by atoms with E-state index in [9.17, 15) is 32.7 Å². The lowest BCUT2D eigenvalue weighted by molar-refractivity contribution is -0.146. The fraction of sp³-hybridized carbons (Fsp3) is 0.452. The highest BCUT2D eigenvalue weighted by Gasteiger charge is 2.38. The highest BCUT2D eigenvalue weighted by atomic mass is 35.5. The first-order chi connectivity index (χ1) is 21.9. The number of esters is 1. The van der Waals surface area contributed by atoms with E-state index in [1.54, 1.807) is 35.4 Å². The molecule has 0 saturated carbocycles. The number of ether oxygens (including phenoxy) is 1. The molecule has 2 aliphatic heterocycles. The van der Waals surface area contributed by atoms with E-state index in [1.807, 2.05) is 6.92 Å². The molecule has 1 atom stereocenters. The number of aromatic nitrogens is 2. The van der Waals surface area contributed by atoms with Gasteiger partial charge in [-0.15, -0.1) is 0 Å². The molecule has 3 amide bonds. The Balaban J connectivity index is 1.12. The van der Waals surface area contributed by atoms with Crippen LogP contribution < -0.4 is 0 Å². The van der Waals surface area contributed by atoms with E-state index in [2.05, 4.69) is 4.98 Å². The Morgan fingerprint density at radius 3 is 2.52 bits per heavy atom. The SMILES string of the molecule is CCN(CCC(=O)OCc1ncc2n1C(=O)N(C1CCN(C(=O)[C@H](O)CS(=O)(=O)c3ccc4cc(Cl)ccc4c3)CC1)C2)C(C)=O. The van der Waals surface area contributed by atoms with Crippen molar-refractivity contribution in [1.82, 2.24) is 24.3 Å². The average Bonchev–Trinajstić information content (AvgIpc) is 3.58. The molecule has 3 aromatic rings. The number of benzene rings is 2. The number of amides is 3. The third kappa shape index (κ3) is 7.18. The van der Waals surface area contributed by atoms with Crippen LogP contribution in [0, 0.1) is 0 Å². The molecule has 0 radical (unpaired) electrons. The number of aliphatic hydroxyl groups is 1. The Labute approximate surface area is 271 Å². The lowest BCUT2D eigenvalue weighted by atomic mass is 10.0. The Kier molecular flexibility index (Phi) is 9.99. The molecule has 1 fully saturated rings. The number of piperidine rings is 1. The summed E-state index contributed by atoms with van der Waals surface area (Å²) in [5.74, 6) is -1.77. The number of likely N-dealkylation sites (tertiary alicyclic amines) is 1. The standard InChI is InChI=1S/C31H36ClN5O8S/c1-3-34(20(2)38)13-10-29(40)45-18-28-33-16-25-17-36(31(42)37(25)28)24-8-11-35(12-9-24)30(41)27(39)19-46(43,44)26-7-5-21-14-23(32)6-4-22(21)15-26/h4-7,14-16,24,27,39H,3,8-13,17-19H2,1-2H3/t27-/m1/s1. The van der Waals surface area contributed by atoms with Gasteiger partial charge in [-0.2, -0.15) is 0 Å². The summed E-state index contributed by atoms with van der Waals surface area (Å²) in [7, 11) is -3.97. The zero-order valence-corrected chi connectivity index (χ0v) is 27.2. The average molecular weight is 674 g/mol. The molecule has 15 heteroatoms. The van der Waals surface area contributed by atoms with Crippen molar-refractivity contribution in [2.45, 2.75) is 63.3 Å². The quantitative estimate of drug-likeness (QED) is 0.302.